The zero-order valence-corrected chi connectivity index (χ0v) is 8.13. The van der Waals surface area contributed by atoms with E-state index < -0.39 is 0 Å². The van der Waals surface area contributed by atoms with Crippen molar-refractivity contribution in [3.63, 3.8) is 0 Å². The van der Waals surface area contributed by atoms with Gasteiger partial charge in [-0.05, 0) is 11.5 Å². The first-order valence-electron chi connectivity index (χ1n) is 4.20. The van der Waals surface area contributed by atoms with Crippen LogP contribution in [0.2, 0.25) is 0 Å². The minimum atomic E-state index is 0.540. The van der Waals surface area contributed by atoms with Crippen LogP contribution >= 0.6 is 0 Å². The molecule has 0 spiro atoms. The standard InChI is InChI=1S/C10H17NO/c1-9(2)5-6-10(3)7-11(4)8-12/h5-6,8-9H,3,7H2,1-2,4H3/p+1. The fraction of sp³-hybridized carbons (Fsp3) is 0.500. The predicted molar refractivity (Wildman–Crippen MR) is 50.9 cm³/mol. The maximum Gasteiger partial charge on any atom is 0.299 e. The van der Waals surface area contributed by atoms with E-state index in [0.717, 1.165) is 16.9 Å². The number of allylic oxidation sites excluding steroid dienone is 1. The summed E-state index contributed by atoms with van der Waals surface area (Å²) in [5.41, 5.74) is 0.994. The van der Waals surface area contributed by atoms with Crippen LogP contribution in [0.3, 0.4) is 0 Å². The van der Waals surface area contributed by atoms with Gasteiger partial charge < -0.3 is 0 Å². The van der Waals surface area contributed by atoms with Crippen LogP contribution in [0.15, 0.2) is 24.3 Å². The second-order valence-corrected chi connectivity index (χ2v) is 3.40. The summed E-state index contributed by atoms with van der Waals surface area (Å²) in [6.45, 7) is 8.76. The molecule has 68 valence electrons. The van der Waals surface area contributed by atoms with E-state index in [1.54, 1.807) is 0 Å². The summed E-state index contributed by atoms with van der Waals surface area (Å²) < 4.78 is 0. The quantitative estimate of drug-likeness (QED) is 0.466. The van der Waals surface area contributed by atoms with Crippen LogP contribution in [0.25, 0.3) is 0 Å². The highest BCUT2D eigenvalue weighted by atomic mass is 16.1. The Morgan fingerprint density at radius 1 is 1.58 bits per heavy atom. The second-order valence-electron chi connectivity index (χ2n) is 3.40. The van der Waals surface area contributed by atoms with Gasteiger partial charge in [-0.25, -0.2) is 4.79 Å². The van der Waals surface area contributed by atoms with Crippen molar-refractivity contribution < 1.29 is 9.69 Å². The molecule has 0 aliphatic rings. The van der Waals surface area contributed by atoms with Gasteiger partial charge in [0.15, 0.2) is 0 Å². The van der Waals surface area contributed by atoms with E-state index in [4.69, 9.17) is 0 Å². The van der Waals surface area contributed by atoms with Gasteiger partial charge >= 0.3 is 0 Å². The molecule has 0 saturated heterocycles. The maximum atomic E-state index is 10.3. The summed E-state index contributed by atoms with van der Waals surface area (Å²) in [7, 11) is 1.82. The van der Waals surface area contributed by atoms with Gasteiger partial charge in [-0.15, -0.1) is 0 Å². The Kier molecular flexibility index (Phi) is 5.30. The van der Waals surface area contributed by atoms with Crippen LogP contribution in [-0.2, 0) is 4.79 Å². The summed E-state index contributed by atoms with van der Waals surface area (Å²) in [5, 5.41) is 0. The van der Waals surface area contributed by atoms with Crippen LogP contribution in [0.1, 0.15) is 13.8 Å². The van der Waals surface area contributed by atoms with Gasteiger partial charge in [-0.3, -0.25) is 4.90 Å². The number of likely N-dealkylation sites (N-methyl/N-ethyl adjacent to an activating group) is 1. The van der Waals surface area contributed by atoms with Crippen molar-refractivity contribution in [1.82, 2.24) is 0 Å². The average molecular weight is 168 g/mol. The van der Waals surface area contributed by atoms with Crippen LogP contribution in [0.4, 0.5) is 0 Å². The Bertz CT molecular complexity index is 182. The van der Waals surface area contributed by atoms with E-state index in [-0.39, 0.29) is 0 Å². The monoisotopic (exact) mass is 168 g/mol. The largest absolute Gasteiger partial charge is 0.299 e. The van der Waals surface area contributed by atoms with E-state index in [2.05, 4.69) is 26.5 Å². The molecule has 0 aliphatic heterocycles. The lowest BCUT2D eigenvalue weighted by Crippen LogP contribution is -3.08. The molecule has 0 bridgehead atoms. The Balaban J connectivity index is 3.81. The highest BCUT2D eigenvalue weighted by molar-refractivity contribution is 5.34. The molecule has 2 nitrogen and oxygen atoms in total. The molecule has 1 unspecified atom stereocenters. The van der Waals surface area contributed by atoms with Crippen molar-refractivity contribution in [3.05, 3.63) is 24.3 Å². The van der Waals surface area contributed by atoms with Crippen molar-refractivity contribution in [3.8, 4) is 0 Å². The number of nitrogens with one attached hydrogen (secondary N) is 1. The van der Waals surface area contributed by atoms with E-state index in [1.165, 1.54) is 0 Å². The minimum Gasteiger partial charge on any atom is -0.273 e. The molecule has 0 fully saturated rings. The smallest absolute Gasteiger partial charge is 0.273 e. The Morgan fingerprint density at radius 2 is 2.17 bits per heavy atom. The lowest BCUT2D eigenvalue weighted by Gasteiger charge is -2.04. The summed E-state index contributed by atoms with van der Waals surface area (Å²) in [5.74, 6) is 0.540. The van der Waals surface area contributed by atoms with E-state index in [0.29, 0.717) is 12.5 Å². The topological polar surface area (TPSA) is 21.5 Å². The van der Waals surface area contributed by atoms with Crippen molar-refractivity contribution in [2.24, 2.45) is 5.92 Å². The SMILES string of the molecule is C=C(C=CC(C)C)C[NH+](C)C=O. The fourth-order valence-corrected chi connectivity index (χ4v) is 0.787. The maximum absolute atomic E-state index is 10.3. The van der Waals surface area contributed by atoms with Crippen molar-refractivity contribution in [2.45, 2.75) is 13.8 Å². The van der Waals surface area contributed by atoms with Gasteiger partial charge in [0.2, 0.25) is 0 Å². The first kappa shape index (κ1) is 11.1. The molecule has 0 heterocycles. The molecule has 0 rings (SSSR count). The normalized spacial score (nSPS) is 13.7. The molecular weight excluding hydrogens is 150 g/mol. The summed E-state index contributed by atoms with van der Waals surface area (Å²) in [4.78, 5) is 11.1. The highest BCUT2D eigenvalue weighted by Gasteiger charge is 1.98. The Labute approximate surface area is 74.6 Å². The molecule has 1 N–H and O–H groups in total. The van der Waals surface area contributed by atoms with Gasteiger partial charge in [0.1, 0.15) is 6.54 Å². The Hall–Kier alpha value is -0.890. The number of carbonyl (C=O) groups excluding carboxylic acids is 1. The number of hydrogen-bond acceptors (Lipinski definition) is 1. The zero-order valence-electron chi connectivity index (χ0n) is 8.13. The zero-order chi connectivity index (χ0) is 9.56. The molecule has 0 aromatic heterocycles. The molecule has 2 heteroatoms. The van der Waals surface area contributed by atoms with E-state index in [9.17, 15) is 4.79 Å². The Morgan fingerprint density at radius 3 is 2.58 bits per heavy atom. The molecule has 0 aromatic rings. The lowest BCUT2D eigenvalue weighted by molar-refractivity contribution is -0.781. The van der Waals surface area contributed by atoms with Gasteiger partial charge in [0.05, 0.1) is 7.05 Å². The second kappa shape index (κ2) is 5.72. The van der Waals surface area contributed by atoms with Crippen LogP contribution < -0.4 is 4.90 Å². The molecule has 0 aliphatic carbocycles. The summed E-state index contributed by atoms with van der Waals surface area (Å²) in [6.07, 6.45) is 4.95. The molecule has 1 atom stereocenters. The number of amides is 1. The average Bonchev–Trinajstić information content (AvgIpc) is 2.00. The van der Waals surface area contributed by atoms with Gasteiger partial charge in [-0.2, -0.15) is 0 Å². The molecular formula is C10H18NO+. The number of quaternary nitrogens is 1. The van der Waals surface area contributed by atoms with Crippen LogP contribution in [-0.4, -0.2) is 20.0 Å². The molecule has 1 amide bonds. The minimum absolute atomic E-state index is 0.540. The third-order valence-corrected chi connectivity index (χ3v) is 1.42. The summed E-state index contributed by atoms with van der Waals surface area (Å²) in [6, 6.07) is 0. The first-order valence-corrected chi connectivity index (χ1v) is 4.20. The third kappa shape index (κ3) is 5.86. The van der Waals surface area contributed by atoms with Crippen molar-refractivity contribution >= 4 is 6.41 Å². The van der Waals surface area contributed by atoms with E-state index >= 15 is 0 Å². The number of hydrogen-bond donors (Lipinski definition) is 1. The van der Waals surface area contributed by atoms with Crippen molar-refractivity contribution in [1.29, 1.82) is 0 Å². The third-order valence-electron chi connectivity index (χ3n) is 1.42. The van der Waals surface area contributed by atoms with Gasteiger partial charge in [0, 0.05) is 0 Å². The number of carbonyl (C=O) groups is 1. The molecule has 0 aromatic carbocycles. The molecule has 12 heavy (non-hydrogen) atoms. The fourth-order valence-electron chi connectivity index (χ4n) is 0.787. The number of rotatable bonds is 5. The first-order chi connectivity index (χ1) is 5.56. The van der Waals surface area contributed by atoms with Gasteiger partial charge in [-0.1, -0.05) is 32.6 Å². The highest BCUT2D eigenvalue weighted by Crippen LogP contribution is 1.96. The van der Waals surface area contributed by atoms with Gasteiger partial charge in [0.25, 0.3) is 6.41 Å². The van der Waals surface area contributed by atoms with Crippen molar-refractivity contribution in [2.75, 3.05) is 13.6 Å². The van der Waals surface area contributed by atoms with Crippen LogP contribution in [0, 0.1) is 5.92 Å². The van der Waals surface area contributed by atoms with Crippen LogP contribution in [0.5, 0.6) is 0 Å². The predicted octanol–water partition coefficient (Wildman–Crippen LogP) is 0.426. The lowest BCUT2D eigenvalue weighted by atomic mass is 10.1. The summed E-state index contributed by atoms with van der Waals surface area (Å²) >= 11 is 0. The van der Waals surface area contributed by atoms with E-state index in [1.807, 2.05) is 13.1 Å². The molecule has 0 saturated carbocycles. The molecule has 0 radical (unpaired) electrons.